The topological polar surface area (TPSA) is 61.1 Å². The molecule has 0 unspecified atom stereocenters. The van der Waals surface area contributed by atoms with Crippen LogP contribution in [-0.2, 0) is 22.9 Å². The summed E-state index contributed by atoms with van der Waals surface area (Å²) in [6, 6.07) is 0. The molecule has 1 aromatic rings. The fourth-order valence-electron chi connectivity index (χ4n) is 1.53. The van der Waals surface area contributed by atoms with Gasteiger partial charge in [0.05, 0.1) is 5.75 Å². The van der Waals surface area contributed by atoms with Gasteiger partial charge in [-0.2, -0.15) is 0 Å². The monoisotopic (exact) mass is 246 g/mol. The van der Waals surface area contributed by atoms with Gasteiger partial charge in [0, 0.05) is 31.7 Å². The van der Waals surface area contributed by atoms with Gasteiger partial charge in [0.15, 0.2) is 0 Å². The first-order valence-electron chi connectivity index (χ1n) is 5.37. The number of rotatable bonds is 6. The van der Waals surface area contributed by atoms with E-state index in [9.17, 15) is 13.2 Å². The van der Waals surface area contributed by atoms with E-state index >= 15 is 0 Å². The van der Waals surface area contributed by atoms with Crippen LogP contribution < -0.4 is 5.69 Å². The highest BCUT2D eigenvalue weighted by atomic mass is 32.2. The van der Waals surface area contributed by atoms with Gasteiger partial charge in [-0.25, -0.2) is 13.2 Å². The van der Waals surface area contributed by atoms with E-state index in [4.69, 9.17) is 0 Å². The lowest BCUT2D eigenvalue weighted by Crippen LogP contribution is -2.24. The normalized spacial score (nSPS) is 11.9. The molecular formula is C10H18N2O3S. The molecule has 0 bridgehead atoms. The van der Waals surface area contributed by atoms with Crippen LogP contribution in [0, 0.1) is 0 Å². The molecule has 0 aliphatic carbocycles. The Balaban J connectivity index is 2.59. The van der Waals surface area contributed by atoms with Gasteiger partial charge in [-0.3, -0.25) is 9.13 Å². The summed E-state index contributed by atoms with van der Waals surface area (Å²) >= 11 is 0. The van der Waals surface area contributed by atoms with Crippen molar-refractivity contribution >= 4 is 9.84 Å². The second-order valence-electron chi connectivity index (χ2n) is 3.95. The summed E-state index contributed by atoms with van der Waals surface area (Å²) in [6.07, 6.45) is 6.05. The molecule has 0 aliphatic rings. The number of nitrogens with zero attached hydrogens (tertiary/aromatic N) is 2. The van der Waals surface area contributed by atoms with Crippen molar-refractivity contribution in [3.8, 4) is 0 Å². The first-order chi connectivity index (χ1) is 7.44. The molecule has 0 N–H and O–H groups in total. The van der Waals surface area contributed by atoms with Crippen LogP contribution in [0.15, 0.2) is 17.2 Å². The molecule has 0 saturated carbocycles. The smallest absolute Gasteiger partial charge is 0.299 e. The third-order valence-corrected chi connectivity index (χ3v) is 3.33. The van der Waals surface area contributed by atoms with Crippen molar-refractivity contribution < 1.29 is 8.42 Å². The molecule has 0 fully saturated rings. The Morgan fingerprint density at radius 2 is 1.75 bits per heavy atom. The molecule has 1 rings (SSSR count). The number of hydrogen-bond acceptors (Lipinski definition) is 3. The average Bonchev–Trinajstić information content (AvgIpc) is 2.48. The van der Waals surface area contributed by atoms with Crippen molar-refractivity contribution in [2.45, 2.75) is 32.9 Å². The Bertz CT molecular complexity index is 484. The molecule has 16 heavy (non-hydrogen) atoms. The molecule has 5 nitrogen and oxygen atoms in total. The van der Waals surface area contributed by atoms with E-state index in [0.29, 0.717) is 19.5 Å². The third kappa shape index (κ3) is 3.84. The van der Waals surface area contributed by atoms with E-state index in [0.717, 1.165) is 6.42 Å². The van der Waals surface area contributed by atoms with Crippen molar-refractivity contribution in [3.63, 3.8) is 0 Å². The average molecular weight is 246 g/mol. The molecule has 0 radical (unpaired) electrons. The molecule has 0 spiro atoms. The minimum absolute atomic E-state index is 0.0599. The van der Waals surface area contributed by atoms with E-state index in [2.05, 4.69) is 0 Å². The van der Waals surface area contributed by atoms with Crippen LogP contribution in [0.4, 0.5) is 0 Å². The van der Waals surface area contributed by atoms with Crippen molar-refractivity contribution in [3.05, 3.63) is 22.9 Å². The van der Waals surface area contributed by atoms with E-state index in [1.54, 1.807) is 21.5 Å². The van der Waals surface area contributed by atoms with Crippen molar-refractivity contribution in [1.29, 1.82) is 0 Å². The first-order valence-corrected chi connectivity index (χ1v) is 7.43. The molecule has 6 heteroatoms. The predicted molar refractivity (Wildman–Crippen MR) is 63.3 cm³/mol. The minimum atomic E-state index is -2.93. The molecule has 1 heterocycles. The molecular weight excluding hydrogens is 228 g/mol. The molecule has 0 amide bonds. The van der Waals surface area contributed by atoms with E-state index in [1.807, 2.05) is 6.92 Å². The lowest BCUT2D eigenvalue weighted by atomic mass is 10.5. The summed E-state index contributed by atoms with van der Waals surface area (Å²) in [7, 11) is -2.93. The number of aromatic nitrogens is 2. The lowest BCUT2D eigenvalue weighted by Gasteiger charge is -2.01. The summed E-state index contributed by atoms with van der Waals surface area (Å²) in [5.74, 6) is 0.123. The van der Waals surface area contributed by atoms with Gasteiger partial charge in [-0.15, -0.1) is 0 Å². The zero-order chi connectivity index (χ0) is 12.2. The largest absolute Gasteiger partial charge is 0.328 e. The maximum atomic E-state index is 11.7. The van der Waals surface area contributed by atoms with Crippen LogP contribution >= 0.6 is 0 Å². The molecule has 0 aliphatic heterocycles. The van der Waals surface area contributed by atoms with Gasteiger partial charge >= 0.3 is 5.69 Å². The molecule has 0 aromatic carbocycles. The SMILES string of the molecule is CCCn1ccn(CCCS(C)(=O)=O)c1=O. The maximum absolute atomic E-state index is 11.7. The van der Waals surface area contributed by atoms with Crippen LogP contribution in [0.1, 0.15) is 19.8 Å². The van der Waals surface area contributed by atoms with Gasteiger partial charge in [0.1, 0.15) is 9.84 Å². The number of imidazole rings is 1. The van der Waals surface area contributed by atoms with Gasteiger partial charge in [0.25, 0.3) is 0 Å². The van der Waals surface area contributed by atoms with Crippen LogP contribution in [0.3, 0.4) is 0 Å². The zero-order valence-electron chi connectivity index (χ0n) is 9.72. The number of aryl methyl sites for hydroxylation is 2. The van der Waals surface area contributed by atoms with Crippen molar-refractivity contribution in [1.82, 2.24) is 9.13 Å². The van der Waals surface area contributed by atoms with Crippen LogP contribution in [0.25, 0.3) is 0 Å². The Morgan fingerprint density at radius 1 is 1.19 bits per heavy atom. The second kappa shape index (κ2) is 5.34. The molecule has 1 aromatic heterocycles. The van der Waals surface area contributed by atoms with Crippen LogP contribution in [0.5, 0.6) is 0 Å². The first kappa shape index (κ1) is 13.0. The van der Waals surface area contributed by atoms with E-state index in [1.165, 1.54) is 6.26 Å². The fraction of sp³-hybridized carbons (Fsp3) is 0.700. The highest BCUT2D eigenvalue weighted by molar-refractivity contribution is 7.90. The highest BCUT2D eigenvalue weighted by Crippen LogP contribution is 1.94. The van der Waals surface area contributed by atoms with Gasteiger partial charge in [-0.1, -0.05) is 6.92 Å². The van der Waals surface area contributed by atoms with Crippen LogP contribution in [-0.4, -0.2) is 29.6 Å². The quantitative estimate of drug-likeness (QED) is 0.734. The summed E-state index contributed by atoms with van der Waals surface area (Å²) in [6.45, 7) is 3.17. The van der Waals surface area contributed by atoms with E-state index in [-0.39, 0.29) is 11.4 Å². The van der Waals surface area contributed by atoms with E-state index < -0.39 is 9.84 Å². The summed E-state index contributed by atoms with van der Waals surface area (Å²) in [5, 5.41) is 0. The van der Waals surface area contributed by atoms with Crippen molar-refractivity contribution in [2.75, 3.05) is 12.0 Å². The summed E-state index contributed by atoms with van der Waals surface area (Å²) < 4.78 is 25.0. The Morgan fingerprint density at radius 3 is 2.25 bits per heavy atom. The van der Waals surface area contributed by atoms with Crippen molar-refractivity contribution in [2.24, 2.45) is 0 Å². The summed E-state index contributed by atoms with van der Waals surface area (Å²) in [5.41, 5.74) is -0.0599. The Kier molecular flexibility index (Phi) is 4.35. The zero-order valence-corrected chi connectivity index (χ0v) is 10.5. The molecule has 92 valence electrons. The number of hydrogen-bond donors (Lipinski definition) is 0. The molecule has 0 atom stereocenters. The fourth-order valence-corrected chi connectivity index (χ4v) is 2.19. The summed E-state index contributed by atoms with van der Waals surface area (Å²) in [4.78, 5) is 11.7. The second-order valence-corrected chi connectivity index (χ2v) is 6.21. The third-order valence-electron chi connectivity index (χ3n) is 2.30. The predicted octanol–water partition coefficient (Wildman–Crippen LogP) is 0.495. The molecule has 0 saturated heterocycles. The lowest BCUT2D eigenvalue weighted by molar-refractivity contribution is 0.578. The minimum Gasteiger partial charge on any atom is -0.299 e. The van der Waals surface area contributed by atoms with Gasteiger partial charge in [-0.05, 0) is 12.8 Å². The van der Waals surface area contributed by atoms with Gasteiger partial charge < -0.3 is 0 Å². The number of sulfone groups is 1. The Labute approximate surface area is 95.6 Å². The van der Waals surface area contributed by atoms with Crippen LogP contribution in [0.2, 0.25) is 0 Å². The maximum Gasteiger partial charge on any atom is 0.328 e. The Hall–Kier alpha value is -1.04. The van der Waals surface area contributed by atoms with Gasteiger partial charge in [0.2, 0.25) is 0 Å². The standard InChI is InChI=1S/C10H18N2O3S/c1-3-5-11-7-8-12(10(11)13)6-4-9-16(2,14)15/h7-8H,3-6,9H2,1-2H3. The highest BCUT2D eigenvalue weighted by Gasteiger charge is 2.05.